The Kier molecular flexibility index (Phi) is 3.73. The number of nitrogen functional groups attached to an aromatic ring is 1. The zero-order valence-corrected chi connectivity index (χ0v) is 12.1. The second-order valence-electron chi connectivity index (χ2n) is 5.55. The summed E-state index contributed by atoms with van der Waals surface area (Å²) in [6.45, 7) is 0. The summed E-state index contributed by atoms with van der Waals surface area (Å²) in [5.74, 6) is -0.523. The first kappa shape index (κ1) is 14.4. The number of nitrogens with two attached hydrogens (primary N) is 2. The molecule has 0 aromatic heterocycles. The number of primary amides is 1. The van der Waals surface area contributed by atoms with E-state index in [1.807, 2.05) is 36.4 Å². The maximum absolute atomic E-state index is 12.0. The molecule has 0 bridgehead atoms. The number of rotatable bonds is 3. The number of hydrogen-bond acceptors (Lipinski definition) is 4. The number of carbonyl (C=O) groups is 1. The summed E-state index contributed by atoms with van der Waals surface area (Å²) >= 11 is 0. The number of allylic oxidation sites excluding steroid dienone is 3. The van der Waals surface area contributed by atoms with Gasteiger partial charge in [0.2, 0.25) is 5.91 Å². The van der Waals surface area contributed by atoms with E-state index in [4.69, 9.17) is 11.5 Å². The van der Waals surface area contributed by atoms with Gasteiger partial charge >= 0.3 is 0 Å². The highest BCUT2D eigenvalue weighted by atomic mass is 16.3. The molecule has 114 valence electrons. The summed E-state index contributed by atoms with van der Waals surface area (Å²) < 4.78 is 0. The molecule has 0 radical (unpaired) electrons. The molecule has 2 aliphatic rings. The van der Waals surface area contributed by atoms with E-state index in [0.717, 1.165) is 5.56 Å². The topological polar surface area (TPSA) is 92.6 Å². The van der Waals surface area contributed by atoms with Gasteiger partial charge in [0.1, 0.15) is 6.04 Å². The minimum Gasteiger partial charge on any atom is -0.398 e. The molecule has 1 aromatic rings. The van der Waals surface area contributed by atoms with E-state index in [0.29, 0.717) is 17.7 Å². The van der Waals surface area contributed by atoms with Crippen molar-refractivity contribution in [1.29, 1.82) is 0 Å². The predicted octanol–water partition coefficient (Wildman–Crippen LogP) is 1.53. The number of fused-ring (bicyclic) bond motifs is 1. The summed E-state index contributed by atoms with van der Waals surface area (Å²) in [5, 5.41) is 10.7. The summed E-state index contributed by atoms with van der Waals surface area (Å²) in [6.07, 6.45) is 11.1. The molecular weight excluding hydrogens is 278 g/mol. The summed E-state index contributed by atoms with van der Waals surface area (Å²) in [7, 11) is 0. The van der Waals surface area contributed by atoms with E-state index in [2.05, 4.69) is 0 Å². The molecule has 3 rings (SSSR count). The fraction of sp³-hybridized carbons (Fsp3) is 0.235. The molecule has 1 aliphatic carbocycles. The van der Waals surface area contributed by atoms with Gasteiger partial charge in [-0.05, 0) is 18.6 Å². The number of anilines is 1. The standard InChI is InChI=1S/C17H19N3O2/c18-14-8-4-7-13-12(14)9-10-20(17(13)22)15(16(19)21)11-5-2-1-3-6-11/h1-5,7-11,15,17,22H,6,18H2,(H2,19,21)/t11?,15-,17?/m1/s1. The van der Waals surface area contributed by atoms with E-state index in [9.17, 15) is 9.90 Å². The number of benzene rings is 1. The van der Waals surface area contributed by atoms with Crippen molar-refractivity contribution >= 4 is 17.7 Å². The van der Waals surface area contributed by atoms with Crippen LogP contribution in [0, 0.1) is 5.92 Å². The molecule has 1 heterocycles. The van der Waals surface area contributed by atoms with Crippen LogP contribution in [0.3, 0.4) is 0 Å². The van der Waals surface area contributed by atoms with Gasteiger partial charge in [0, 0.05) is 28.9 Å². The Morgan fingerprint density at radius 1 is 1.36 bits per heavy atom. The molecule has 0 fully saturated rings. The van der Waals surface area contributed by atoms with E-state index in [1.165, 1.54) is 0 Å². The van der Waals surface area contributed by atoms with Crippen LogP contribution in [0.2, 0.25) is 0 Å². The van der Waals surface area contributed by atoms with Crippen LogP contribution in [0.25, 0.3) is 6.08 Å². The first-order valence-corrected chi connectivity index (χ1v) is 7.24. The molecule has 5 heteroatoms. The van der Waals surface area contributed by atoms with Crippen LogP contribution in [0.5, 0.6) is 0 Å². The van der Waals surface area contributed by atoms with Gasteiger partial charge in [-0.25, -0.2) is 0 Å². The Hall–Kier alpha value is -2.53. The van der Waals surface area contributed by atoms with Gasteiger partial charge in [-0.3, -0.25) is 4.79 Å². The van der Waals surface area contributed by atoms with Crippen molar-refractivity contribution in [3.05, 3.63) is 59.8 Å². The minimum atomic E-state index is -0.944. The normalized spacial score (nSPS) is 24.1. The fourth-order valence-corrected chi connectivity index (χ4v) is 3.08. The summed E-state index contributed by atoms with van der Waals surface area (Å²) in [4.78, 5) is 13.6. The van der Waals surface area contributed by atoms with Crippen molar-refractivity contribution in [2.45, 2.75) is 18.7 Å². The highest BCUT2D eigenvalue weighted by Gasteiger charge is 2.35. The molecule has 1 amide bonds. The van der Waals surface area contributed by atoms with Crippen LogP contribution >= 0.6 is 0 Å². The highest BCUT2D eigenvalue weighted by molar-refractivity contribution is 5.81. The molecule has 2 unspecified atom stereocenters. The van der Waals surface area contributed by atoms with Crippen molar-refractivity contribution in [2.75, 3.05) is 5.73 Å². The third-order valence-electron chi connectivity index (χ3n) is 4.18. The molecular formula is C17H19N3O2. The zero-order chi connectivity index (χ0) is 15.7. The maximum atomic E-state index is 12.0. The van der Waals surface area contributed by atoms with E-state index in [1.54, 1.807) is 23.2 Å². The second kappa shape index (κ2) is 5.69. The van der Waals surface area contributed by atoms with Crippen molar-refractivity contribution in [3.63, 3.8) is 0 Å². The van der Waals surface area contributed by atoms with Crippen LogP contribution in [0.1, 0.15) is 23.8 Å². The third-order valence-corrected chi connectivity index (χ3v) is 4.18. The summed E-state index contributed by atoms with van der Waals surface area (Å²) in [5.41, 5.74) is 13.6. The van der Waals surface area contributed by atoms with Crippen molar-refractivity contribution in [1.82, 2.24) is 4.90 Å². The lowest BCUT2D eigenvalue weighted by Gasteiger charge is -2.39. The molecule has 5 nitrogen and oxygen atoms in total. The van der Waals surface area contributed by atoms with Crippen molar-refractivity contribution in [2.24, 2.45) is 11.7 Å². The Morgan fingerprint density at radius 3 is 2.86 bits per heavy atom. The molecule has 0 saturated heterocycles. The number of aliphatic hydroxyl groups excluding tert-OH is 1. The lowest BCUT2D eigenvalue weighted by molar-refractivity contribution is -0.128. The van der Waals surface area contributed by atoms with Gasteiger partial charge in [-0.15, -0.1) is 0 Å². The molecule has 1 aromatic carbocycles. The quantitative estimate of drug-likeness (QED) is 0.738. The second-order valence-corrected chi connectivity index (χ2v) is 5.55. The predicted molar refractivity (Wildman–Crippen MR) is 86.1 cm³/mol. The van der Waals surface area contributed by atoms with Gasteiger partial charge in [0.05, 0.1) is 0 Å². The van der Waals surface area contributed by atoms with Crippen LogP contribution in [-0.2, 0) is 4.79 Å². The Labute approximate surface area is 129 Å². The molecule has 1 aliphatic heterocycles. The zero-order valence-electron chi connectivity index (χ0n) is 12.1. The SMILES string of the molecule is NC(=O)[C@@H](C1C=CC=CC1)N1C=Cc2c(N)cccc2C1O. The van der Waals surface area contributed by atoms with Gasteiger partial charge in [0.25, 0.3) is 0 Å². The lowest BCUT2D eigenvalue weighted by atomic mass is 9.89. The highest BCUT2D eigenvalue weighted by Crippen LogP contribution is 2.35. The van der Waals surface area contributed by atoms with Crippen LogP contribution in [0.15, 0.2) is 48.7 Å². The van der Waals surface area contributed by atoms with Crippen molar-refractivity contribution in [3.8, 4) is 0 Å². The Morgan fingerprint density at radius 2 is 2.18 bits per heavy atom. The smallest absolute Gasteiger partial charge is 0.240 e. The number of hydrogen-bond donors (Lipinski definition) is 3. The number of nitrogens with zero attached hydrogens (tertiary/aromatic N) is 1. The van der Waals surface area contributed by atoms with Gasteiger partial charge in [-0.2, -0.15) is 0 Å². The first-order chi connectivity index (χ1) is 10.6. The third kappa shape index (κ3) is 2.40. The van der Waals surface area contributed by atoms with Gasteiger partial charge in [-0.1, -0.05) is 36.4 Å². The Bertz CT molecular complexity index is 678. The Balaban J connectivity index is 1.96. The van der Waals surface area contributed by atoms with E-state index in [-0.39, 0.29) is 5.92 Å². The van der Waals surface area contributed by atoms with E-state index >= 15 is 0 Å². The molecule has 5 N–H and O–H groups in total. The summed E-state index contributed by atoms with van der Waals surface area (Å²) in [6, 6.07) is 4.77. The average Bonchev–Trinajstić information content (AvgIpc) is 2.51. The van der Waals surface area contributed by atoms with Crippen molar-refractivity contribution < 1.29 is 9.90 Å². The van der Waals surface area contributed by atoms with Crippen LogP contribution in [0.4, 0.5) is 5.69 Å². The lowest BCUT2D eigenvalue weighted by Crippen LogP contribution is -2.48. The number of aliphatic hydroxyl groups is 1. The molecule has 0 saturated carbocycles. The fourth-order valence-electron chi connectivity index (χ4n) is 3.08. The molecule has 0 spiro atoms. The molecule has 22 heavy (non-hydrogen) atoms. The largest absolute Gasteiger partial charge is 0.398 e. The number of carbonyl (C=O) groups excluding carboxylic acids is 1. The van der Waals surface area contributed by atoms with Crippen LogP contribution < -0.4 is 11.5 Å². The number of amides is 1. The minimum absolute atomic E-state index is 0.0654. The van der Waals surface area contributed by atoms with E-state index < -0.39 is 18.2 Å². The van der Waals surface area contributed by atoms with Gasteiger partial charge in [0.15, 0.2) is 6.23 Å². The average molecular weight is 297 g/mol. The van der Waals surface area contributed by atoms with Crippen LogP contribution in [-0.4, -0.2) is 22.0 Å². The first-order valence-electron chi connectivity index (χ1n) is 7.24. The molecule has 3 atom stereocenters. The monoisotopic (exact) mass is 297 g/mol. The maximum Gasteiger partial charge on any atom is 0.240 e. The van der Waals surface area contributed by atoms with Gasteiger partial charge < -0.3 is 21.5 Å².